The zero-order valence-electron chi connectivity index (χ0n) is 9.39. The van der Waals surface area contributed by atoms with Crippen molar-refractivity contribution in [2.24, 2.45) is 11.8 Å². The topological polar surface area (TPSA) is 37.3 Å². The van der Waals surface area contributed by atoms with Gasteiger partial charge in [0.15, 0.2) is 0 Å². The summed E-state index contributed by atoms with van der Waals surface area (Å²) in [5.74, 6) is -0.376. The number of thiophene rings is 1. The van der Waals surface area contributed by atoms with Crippen LogP contribution in [0.15, 0.2) is 16.8 Å². The third-order valence-corrected chi connectivity index (χ3v) is 4.29. The Balaban J connectivity index is 2.05. The summed E-state index contributed by atoms with van der Waals surface area (Å²) in [5, 5.41) is 13.5. The van der Waals surface area contributed by atoms with Crippen LogP contribution < -0.4 is 0 Å². The molecule has 0 saturated heterocycles. The fraction of sp³-hybridized carbons (Fsp3) is 0.615. The van der Waals surface area contributed by atoms with E-state index in [4.69, 9.17) is 0 Å². The molecule has 16 heavy (non-hydrogen) atoms. The monoisotopic (exact) mass is 238 g/mol. The van der Waals surface area contributed by atoms with Crippen molar-refractivity contribution in [3.63, 3.8) is 0 Å². The first kappa shape index (κ1) is 11.6. The normalized spacial score (nSPS) is 26.2. The number of aliphatic carboxylic acids is 1. The van der Waals surface area contributed by atoms with Crippen molar-refractivity contribution in [3.05, 3.63) is 22.4 Å². The zero-order chi connectivity index (χ0) is 11.4. The molecule has 2 nitrogen and oxygen atoms in total. The fourth-order valence-electron chi connectivity index (χ4n) is 2.67. The third-order valence-electron chi connectivity index (χ3n) is 3.55. The highest BCUT2D eigenvalue weighted by atomic mass is 32.1. The number of carbonyl (C=O) groups is 1. The van der Waals surface area contributed by atoms with E-state index in [1.54, 1.807) is 11.3 Å². The number of carboxylic acid groups (broad SMARTS) is 1. The summed E-state index contributed by atoms with van der Waals surface area (Å²) in [4.78, 5) is 11.2. The predicted molar refractivity (Wildman–Crippen MR) is 65.7 cm³/mol. The van der Waals surface area contributed by atoms with E-state index in [9.17, 15) is 9.90 Å². The molecule has 1 fully saturated rings. The highest BCUT2D eigenvalue weighted by molar-refractivity contribution is 7.07. The van der Waals surface area contributed by atoms with Gasteiger partial charge in [0.05, 0.1) is 5.92 Å². The molecule has 1 saturated carbocycles. The molecule has 2 rings (SSSR count). The van der Waals surface area contributed by atoms with Gasteiger partial charge in [-0.1, -0.05) is 19.3 Å². The molecule has 1 aromatic heterocycles. The van der Waals surface area contributed by atoms with Crippen molar-refractivity contribution in [2.75, 3.05) is 0 Å². The van der Waals surface area contributed by atoms with Crippen molar-refractivity contribution in [3.8, 4) is 0 Å². The molecule has 1 aliphatic carbocycles. The van der Waals surface area contributed by atoms with Gasteiger partial charge in [0.25, 0.3) is 0 Å². The van der Waals surface area contributed by atoms with Crippen molar-refractivity contribution in [2.45, 2.75) is 38.5 Å². The van der Waals surface area contributed by atoms with Crippen molar-refractivity contribution < 1.29 is 9.90 Å². The predicted octanol–water partition coefficient (Wildman–Crippen LogP) is 3.57. The summed E-state index contributed by atoms with van der Waals surface area (Å²) in [6.07, 6.45) is 6.36. The van der Waals surface area contributed by atoms with Crippen molar-refractivity contribution in [1.29, 1.82) is 0 Å². The lowest BCUT2D eigenvalue weighted by atomic mass is 9.84. The van der Waals surface area contributed by atoms with Crippen LogP contribution in [0.1, 0.15) is 37.7 Å². The van der Waals surface area contributed by atoms with Gasteiger partial charge in [-0.2, -0.15) is 11.3 Å². The summed E-state index contributed by atoms with van der Waals surface area (Å²) in [6, 6.07) is 2.12. The van der Waals surface area contributed by atoms with Crippen LogP contribution in [0.2, 0.25) is 0 Å². The Hall–Kier alpha value is -0.830. The summed E-state index contributed by atoms with van der Waals surface area (Å²) >= 11 is 1.70. The van der Waals surface area contributed by atoms with Gasteiger partial charge in [-0.3, -0.25) is 4.79 Å². The van der Waals surface area contributed by atoms with Crippen LogP contribution in [0.25, 0.3) is 0 Å². The molecule has 2 unspecified atom stereocenters. The smallest absolute Gasteiger partial charge is 0.306 e. The van der Waals surface area contributed by atoms with Crippen LogP contribution in [0.4, 0.5) is 0 Å². The Bertz CT molecular complexity index is 332. The first-order valence-corrected chi connectivity index (χ1v) is 6.95. The van der Waals surface area contributed by atoms with E-state index in [0.29, 0.717) is 5.92 Å². The number of rotatable bonds is 3. The lowest BCUT2D eigenvalue weighted by Gasteiger charge is -2.20. The quantitative estimate of drug-likeness (QED) is 0.817. The minimum absolute atomic E-state index is 0.123. The van der Waals surface area contributed by atoms with E-state index in [1.807, 2.05) is 0 Å². The summed E-state index contributed by atoms with van der Waals surface area (Å²) in [7, 11) is 0. The Labute approximate surface area is 100 Å². The van der Waals surface area contributed by atoms with Gasteiger partial charge in [0.2, 0.25) is 0 Å². The fourth-order valence-corrected chi connectivity index (χ4v) is 3.35. The highest BCUT2D eigenvalue weighted by Crippen LogP contribution is 2.32. The molecule has 0 radical (unpaired) electrons. The third kappa shape index (κ3) is 2.85. The van der Waals surface area contributed by atoms with Gasteiger partial charge in [-0.15, -0.1) is 0 Å². The summed E-state index contributed by atoms with van der Waals surface area (Å²) in [5.41, 5.74) is 1.31. The van der Waals surface area contributed by atoms with Crippen LogP contribution in [-0.4, -0.2) is 11.1 Å². The van der Waals surface area contributed by atoms with E-state index in [1.165, 1.54) is 18.4 Å². The van der Waals surface area contributed by atoms with Gasteiger partial charge < -0.3 is 5.11 Å². The molecule has 3 heteroatoms. The van der Waals surface area contributed by atoms with Crippen molar-refractivity contribution in [1.82, 2.24) is 0 Å². The SMILES string of the molecule is O=C(O)C1CCCCCC1Cc1ccsc1. The van der Waals surface area contributed by atoms with Crippen LogP contribution in [0, 0.1) is 11.8 Å². The second kappa shape index (κ2) is 5.48. The molecular formula is C13H18O2S. The van der Waals surface area contributed by atoms with Gasteiger partial charge in [-0.25, -0.2) is 0 Å². The second-order valence-electron chi connectivity index (χ2n) is 4.68. The number of hydrogen-bond donors (Lipinski definition) is 1. The van der Waals surface area contributed by atoms with E-state index >= 15 is 0 Å². The van der Waals surface area contributed by atoms with E-state index in [0.717, 1.165) is 25.7 Å². The molecule has 0 bridgehead atoms. The molecule has 1 N–H and O–H groups in total. The van der Waals surface area contributed by atoms with Gasteiger partial charge in [-0.05, 0) is 47.6 Å². The minimum Gasteiger partial charge on any atom is -0.481 e. The molecule has 0 amide bonds. The maximum absolute atomic E-state index is 11.2. The molecule has 1 aliphatic rings. The van der Waals surface area contributed by atoms with Crippen LogP contribution in [0.3, 0.4) is 0 Å². The van der Waals surface area contributed by atoms with Gasteiger partial charge in [0.1, 0.15) is 0 Å². The molecule has 0 spiro atoms. The van der Waals surface area contributed by atoms with E-state index < -0.39 is 5.97 Å². The molecular weight excluding hydrogens is 220 g/mol. The van der Waals surface area contributed by atoms with E-state index in [2.05, 4.69) is 16.8 Å². The molecule has 1 aromatic rings. The second-order valence-corrected chi connectivity index (χ2v) is 5.46. The average Bonchev–Trinajstić information content (AvgIpc) is 2.63. The number of hydrogen-bond acceptors (Lipinski definition) is 2. The maximum atomic E-state index is 11.2. The zero-order valence-corrected chi connectivity index (χ0v) is 10.2. The molecule has 2 atom stereocenters. The first-order chi connectivity index (χ1) is 7.77. The van der Waals surface area contributed by atoms with Gasteiger partial charge in [0, 0.05) is 0 Å². The molecule has 1 heterocycles. The Morgan fingerprint density at radius 3 is 2.88 bits per heavy atom. The standard InChI is InChI=1S/C13H18O2S/c14-13(15)12-5-3-1-2-4-11(12)8-10-6-7-16-9-10/h6-7,9,11-12H,1-5,8H2,(H,14,15). The first-order valence-electron chi connectivity index (χ1n) is 6.01. The van der Waals surface area contributed by atoms with Crippen LogP contribution in [0.5, 0.6) is 0 Å². The molecule has 0 aliphatic heterocycles. The van der Waals surface area contributed by atoms with Gasteiger partial charge >= 0.3 is 5.97 Å². The summed E-state index contributed by atoms with van der Waals surface area (Å²) < 4.78 is 0. The maximum Gasteiger partial charge on any atom is 0.306 e. The van der Waals surface area contributed by atoms with E-state index in [-0.39, 0.29) is 5.92 Å². The Morgan fingerprint density at radius 1 is 1.38 bits per heavy atom. The summed E-state index contributed by atoms with van der Waals surface area (Å²) in [6.45, 7) is 0. The number of carboxylic acids is 1. The Kier molecular flexibility index (Phi) is 3.99. The average molecular weight is 238 g/mol. The Morgan fingerprint density at radius 2 is 2.19 bits per heavy atom. The minimum atomic E-state index is -0.595. The van der Waals surface area contributed by atoms with Crippen LogP contribution >= 0.6 is 11.3 Å². The highest BCUT2D eigenvalue weighted by Gasteiger charge is 2.29. The van der Waals surface area contributed by atoms with Crippen LogP contribution in [-0.2, 0) is 11.2 Å². The molecule has 0 aromatic carbocycles. The lowest BCUT2D eigenvalue weighted by molar-refractivity contribution is -0.143. The molecule has 88 valence electrons. The lowest BCUT2D eigenvalue weighted by Crippen LogP contribution is -2.24. The largest absolute Gasteiger partial charge is 0.481 e. The van der Waals surface area contributed by atoms with Crippen molar-refractivity contribution >= 4 is 17.3 Å².